The molecule has 1 nitrogen and oxygen atoms in total. The molecule has 6 aromatic carbocycles. The Morgan fingerprint density at radius 1 is 0.648 bits per heavy atom. The molecular formula is C53H47N. The molecule has 264 valence electrons. The number of anilines is 2. The van der Waals surface area contributed by atoms with Crippen LogP contribution in [-0.2, 0) is 5.41 Å². The van der Waals surface area contributed by atoms with Gasteiger partial charge in [-0.25, -0.2) is 0 Å². The van der Waals surface area contributed by atoms with Crippen LogP contribution < -0.4 is 4.90 Å². The summed E-state index contributed by atoms with van der Waals surface area (Å²) < 4.78 is 0. The van der Waals surface area contributed by atoms with Crippen molar-refractivity contribution in [2.45, 2.75) is 45.4 Å². The van der Waals surface area contributed by atoms with Gasteiger partial charge in [0.05, 0.1) is 0 Å². The van der Waals surface area contributed by atoms with Crippen molar-refractivity contribution in [3.63, 3.8) is 0 Å². The maximum atomic E-state index is 4.82. The van der Waals surface area contributed by atoms with Crippen molar-refractivity contribution in [1.29, 1.82) is 0 Å². The monoisotopic (exact) mass is 697 g/mol. The molecule has 6 aromatic rings. The van der Waals surface area contributed by atoms with E-state index in [0.717, 1.165) is 29.1 Å². The summed E-state index contributed by atoms with van der Waals surface area (Å²) in [4.78, 5) is 2.37. The third kappa shape index (κ3) is 6.52. The fraction of sp³-hybridized carbons (Fsp3) is 0.132. The molecule has 1 atom stereocenters. The normalized spacial score (nSPS) is 16.2. The van der Waals surface area contributed by atoms with E-state index in [0.29, 0.717) is 0 Å². The first-order valence-electron chi connectivity index (χ1n) is 19.1. The summed E-state index contributed by atoms with van der Waals surface area (Å²) in [5.41, 5.74) is 18.4. The molecule has 8 rings (SSSR count). The summed E-state index contributed by atoms with van der Waals surface area (Å²) >= 11 is 0. The van der Waals surface area contributed by atoms with E-state index in [4.69, 9.17) is 6.58 Å². The summed E-state index contributed by atoms with van der Waals surface area (Å²) in [6, 6.07) is 57.2. The van der Waals surface area contributed by atoms with Gasteiger partial charge < -0.3 is 4.90 Å². The highest BCUT2D eigenvalue weighted by Gasteiger charge is 2.36. The number of fused-ring (bicyclic) bond motifs is 3. The van der Waals surface area contributed by atoms with Crippen molar-refractivity contribution in [3.05, 3.63) is 239 Å². The number of benzene rings is 6. The van der Waals surface area contributed by atoms with Crippen molar-refractivity contribution >= 4 is 22.5 Å². The van der Waals surface area contributed by atoms with Gasteiger partial charge in [0.2, 0.25) is 0 Å². The number of rotatable bonds is 9. The van der Waals surface area contributed by atoms with Crippen molar-refractivity contribution in [2.75, 3.05) is 4.90 Å². The Balaban J connectivity index is 1.23. The van der Waals surface area contributed by atoms with Crippen LogP contribution in [0.4, 0.5) is 11.4 Å². The van der Waals surface area contributed by atoms with E-state index in [9.17, 15) is 0 Å². The predicted molar refractivity (Wildman–Crippen MR) is 231 cm³/mol. The molecule has 0 amide bonds. The average molecular weight is 698 g/mol. The van der Waals surface area contributed by atoms with Crippen molar-refractivity contribution in [3.8, 4) is 11.1 Å². The Labute approximate surface area is 321 Å². The molecule has 0 N–H and O–H groups in total. The van der Waals surface area contributed by atoms with E-state index in [-0.39, 0.29) is 11.3 Å². The Bertz CT molecular complexity index is 2460. The predicted octanol–water partition coefficient (Wildman–Crippen LogP) is 14.2. The zero-order chi connectivity index (χ0) is 37.2. The maximum absolute atomic E-state index is 4.82. The fourth-order valence-corrected chi connectivity index (χ4v) is 8.49. The van der Waals surface area contributed by atoms with Gasteiger partial charge in [-0.15, -0.1) is 0 Å². The third-order valence-corrected chi connectivity index (χ3v) is 11.2. The minimum atomic E-state index is -0.0953. The molecular weight excluding hydrogens is 651 g/mol. The standard InChI is InChI=1S/C53H47N/c1-6-43(54(44-25-14-9-15-26-44)45-31-32-47-46-27-16-17-28-50(46)53(4,5)51(47)36-45)30-29-38(3)52-48(40-22-12-8-13-23-40)34-42(39-20-10-7-11-21-39)35-49(52)41-24-18-19-37(2)33-41/h6-34,36,42H,3,35H2,1-2,4-5H3/b30-29-,43-6+/t42-/m1/s1. The lowest BCUT2D eigenvalue weighted by molar-refractivity contribution is 0.660. The van der Waals surface area contributed by atoms with Gasteiger partial charge in [0.15, 0.2) is 0 Å². The summed E-state index contributed by atoms with van der Waals surface area (Å²) in [6.07, 6.45) is 10.0. The van der Waals surface area contributed by atoms with Gasteiger partial charge >= 0.3 is 0 Å². The topological polar surface area (TPSA) is 3.24 Å². The molecule has 54 heavy (non-hydrogen) atoms. The van der Waals surface area contributed by atoms with Crippen LogP contribution in [0.5, 0.6) is 0 Å². The van der Waals surface area contributed by atoms with Gasteiger partial charge in [-0.3, -0.25) is 0 Å². The quantitative estimate of drug-likeness (QED) is 0.136. The third-order valence-electron chi connectivity index (χ3n) is 11.2. The van der Waals surface area contributed by atoms with Crippen LogP contribution >= 0.6 is 0 Å². The van der Waals surface area contributed by atoms with Gasteiger partial charge in [-0.1, -0.05) is 178 Å². The fourth-order valence-electron chi connectivity index (χ4n) is 8.49. The highest BCUT2D eigenvalue weighted by molar-refractivity contribution is 5.97. The van der Waals surface area contributed by atoms with Gasteiger partial charge in [0, 0.05) is 28.4 Å². The van der Waals surface area contributed by atoms with Crippen LogP contribution in [0, 0.1) is 6.92 Å². The van der Waals surface area contributed by atoms with Crippen molar-refractivity contribution < 1.29 is 0 Å². The lowest BCUT2D eigenvalue weighted by Gasteiger charge is -2.30. The van der Waals surface area contributed by atoms with E-state index < -0.39 is 0 Å². The molecule has 0 radical (unpaired) electrons. The number of nitrogens with zero attached hydrogens (tertiary/aromatic N) is 1. The molecule has 0 aromatic heterocycles. The molecule has 2 aliphatic rings. The first-order chi connectivity index (χ1) is 26.3. The van der Waals surface area contributed by atoms with E-state index in [2.05, 4.69) is 215 Å². The van der Waals surface area contributed by atoms with Gasteiger partial charge in [-0.2, -0.15) is 0 Å². The van der Waals surface area contributed by atoms with Gasteiger partial charge in [0.1, 0.15) is 0 Å². The molecule has 0 heterocycles. The maximum Gasteiger partial charge on any atom is 0.0464 e. The zero-order valence-corrected chi connectivity index (χ0v) is 31.8. The van der Waals surface area contributed by atoms with Crippen molar-refractivity contribution in [2.24, 2.45) is 0 Å². The Hall–Kier alpha value is -6.18. The minimum absolute atomic E-state index is 0.0953. The van der Waals surface area contributed by atoms with E-state index in [1.807, 2.05) is 0 Å². The molecule has 1 heteroatoms. The Kier molecular flexibility index (Phi) is 9.48. The molecule has 0 spiro atoms. The lowest BCUT2D eigenvalue weighted by Crippen LogP contribution is -2.18. The van der Waals surface area contributed by atoms with Crippen LogP contribution in [0.15, 0.2) is 205 Å². The molecule has 0 saturated heterocycles. The summed E-state index contributed by atoms with van der Waals surface area (Å²) in [7, 11) is 0. The van der Waals surface area contributed by atoms with Gasteiger partial charge in [-0.05, 0) is 112 Å². The molecule has 0 bridgehead atoms. The summed E-state index contributed by atoms with van der Waals surface area (Å²) in [6.45, 7) is 13.8. The number of hydrogen-bond donors (Lipinski definition) is 0. The van der Waals surface area contributed by atoms with Crippen LogP contribution in [0.3, 0.4) is 0 Å². The average Bonchev–Trinajstić information content (AvgIpc) is 3.45. The molecule has 0 fully saturated rings. The number of para-hydroxylation sites is 1. The molecule has 2 aliphatic carbocycles. The Morgan fingerprint density at radius 2 is 1.30 bits per heavy atom. The van der Waals surface area contributed by atoms with Crippen molar-refractivity contribution in [1.82, 2.24) is 0 Å². The summed E-state index contributed by atoms with van der Waals surface area (Å²) in [5, 5.41) is 0. The number of hydrogen-bond acceptors (Lipinski definition) is 1. The molecule has 0 saturated carbocycles. The smallest absolute Gasteiger partial charge is 0.0464 e. The zero-order valence-electron chi connectivity index (χ0n) is 31.8. The van der Waals surface area contributed by atoms with Crippen LogP contribution in [0.25, 0.3) is 22.3 Å². The van der Waals surface area contributed by atoms with Gasteiger partial charge in [0.25, 0.3) is 0 Å². The van der Waals surface area contributed by atoms with Crippen LogP contribution in [0.2, 0.25) is 0 Å². The molecule has 0 aliphatic heterocycles. The first-order valence-corrected chi connectivity index (χ1v) is 19.1. The summed E-state index contributed by atoms with van der Waals surface area (Å²) in [5.74, 6) is 0.243. The minimum Gasteiger partial charge on any atom is -0.311 e. The lowest BCUT2D eigenvalue weighted by atomic mass is 9.75. The Morgan fingerprint density at radius 3 is 2.02 bits per heavy atom. The van der Waals surface area contributed by atoms with E-state index >= 15 is 0 Å². The molecule has 0 unspecified atom stereocenters. The SMILES string of the molecule is C=C(/C=C\C(=C/C)N(c1ccccc1)c1ccc2c(c1)C(C)(C)c1ccccc1-2)C1=C(c2cccc(C)c2)C[C@H](c2ccccc2)C=C1c1ccccc1. The second kappa shape index (κ2) is 14.7. The largest absolute Gasteiger partial charge is 0.311 e. The van der Waals surface area contributed by atoms with Crippen LogP contribution in [0.1, 0.15) is 66.5 Å². The number of allylic oxidation sites excluding steroid dienone is 8. The number of aryl methyl sites for hydroxylation is 1. The first kappa shape index (κ1) is 34.9. The van der Waals surface area contributed by atoms with Crippen LogP contribution in [-0.4, -0.2) is 0 Å². The second-order valence-electron chi connectivity index (χ2n) is 15.0. The highest BCUT2D eigenvalue weighted by atomic mass is 15.1. The van der Waals surface area contributed by atoms with E-state index in [1.165, 1.54) is 61.2 Å². The van der Waals surface area contributed by atoms with E-state index in [1.54, 1.807) is 0 Å². The second-order valence-corrected chi connectivity index (χ2v) is 15.0. The highest BCUT2D eigenvalue weighted by Crippen LogP contribution is 2.50.